The Bertz CT molecular complexity index is 633. The monoisotopic (exact) mass is 289 g/mol. The van der Waals surface area contributed by atoms with E-state index in [2.05, 4.69) is 4.98 Å². The second-order valence-corrected chi connectivity index (χ2v) is 4.80. The Morgan fingerprint density at radius 1 is 1.32 bits per heavy atom. The summed E-state index contributed by atoms with van der Waals surface area (Å²) in [4.78, 5) is 14.8. The summed E-state index contributed by atoms with van der Waals surface area (Å²) in [5, 5.41) is -1.03. The zero-order valence-corrected chi connectivity index (χ0v) is 10.4. The lowest BCUT2D eigenvalue weighted by molar-refractivity contribution is -0.137. The van der Waals surface area contributed by atoms with Gasteiger partial charge in [-0.2, -0.15) is 13.2 Å². The maximum atomic E-state index is 13.2. The van der Waals surface area contributed by atoms with E-state index in [0.717, 1.165) is 18.3 Å². The van der Waals surface area contributed by atoms with E-state index < -0.39 is 17.0 Å². The Balaban J connectivity index is 2.55. The van der Waals surface area contributed by atoms with Crippen molar-refractivity contribution in [3.63, 3.8) is 0 Å². The number of hydrogen-bond acceptors (Lipinski definition) is 3. The molecule has 0 spiro atoms. The summed E-state index contributed by atoms with van der Waals surface area (Å²) < 4.78 is 50.6. The molecule has 19 heavy (non-hydrogen) atoms. The van der Waals surface area contributed by atoms with Gasteiger partial charge in [0.05, 0.1) is 4.88 Å². The van der Waals surface area contributed by atoms with Gasteiger partial charge in [0.1, 0.15) is 5.82 Å². The number of carbonyl (C=O) groups is 1. The lowest BCUT2D eigenvalue weighted by atomic mass is 10.0. The van der Waals surface area contributed by atoms with Gasteiger partial charge in [-0.05, 0) is 25.1 Å². The van der Waals surface area contributed by atoms with Crippen LogP contribution in [0.2, 0.25) is 0 Å². The number of nitrogens with zero attached hydrogens (tertiary/aromatic N) is 1. The van der Waals surface area contributed by atoms with E-state index in [1.165, 1.54) is 13.0 Å². The highest BCUT2D eigenvalue weighted by molar-refractivity contribution is 7.15. The molecule has 0 saturated heterocycles. The first kappa shape index (κ1) is 13.7. The Labute approximate surface area is 109 Å². The average Bonchev–Trinajstić information content (AvgIpc) is 2.77. The van der Waals surface area contributed by atoms with Crippen molar-refractivity contribution in [1.82, 2.24) is 4.98 Å². The molecule has 1 aromatic heterocycles. The van der Waals surface area contributed by atoms with Crippen LogP contribution in [0.1, 0.15) is 22.3 Å². The van der Waals surface area contributed by atoms with Crippen LogP contribution < -0.4 is 0 Å². The van der Waals surface area contributed by atoms with E-state index in [1.54, 1.807) is 0 Å². The van der Waals surface area contributed by atoms with E-state index in [0.29, 0.717) is 11.3 Å². The molecule has 0 atom stereocenters. The lowest BCUT2D eigenvalue weighted by Gasteiger charge is -2.04. The Morgan fingerprint density at radius 2 is 2.00 bits per heavy atom. The Hall–Kier alpha value is -1.76. The van der Waals surface area contributed by atoms with Crippen molar-refractivity contribution in [2.45, 2.75) is 13.1 Å². The predicted molar refractivity (Wildman–Crippen MR) is 62.5 cm³/mol. The number of carbonyl (C=O) groups excluding carboxylic acids is 1. The SMILES string of the molecule is CC(=O)c1ccc(F)cc1-c1cnc(C(F)(F)F)s1. The van der Waals surface area contributed by atoms with E-state index in [4.69, 9.17) is 0 Å². The third kappa shape index (κ3) is 2.81. The molecule has 7 heteroatoms. The van der Waals surface area contributed by atoms with Crippen molar-refractivity contribution in [2.75, 3.05) is 0 Å². The van der Waals surface area contributed by atoms with Crippen LogP contribution in [0.15, 0.2) is 24.4 Å². The number of rotatable bonds is 2. The van der Waals surface area contributed by atoms with Crippen LogP contribution in [0.3, 0.4) is 0 Å². The number of aromatic nitrogens is 1. The van der Waals surface area contributed by atoms with Crippen LogP contribution in [-0.4, -0.2) is 10.8 Å². The molecule has 0 aliphatic heterocycles. The molecular weight excluding hydrogens is 282 g/mol. The van der Waals surface area contributed by atoms with Crippen molar-refractivity contribution in [2.24, 2.45) is 0 Å². The zero-order valence-electron chi connectivity index (χ0n) is 9.58. The summed E-state index contributed by atoms with van der Waals surface area (Å²) in [5.74, 6) is -0.973. The van der Waals surface area contributed by atoms with E-state index in [1.807, 2.05) is 0 Å². The van der Waals surface area contributed by atoms with E-state index in [9.17, 15) is 22.4 Å². The highest BCUT2D eigenvalue weighted by Crippen LogP contribution is 2.37. The summed E-state index contributed by atoms with van der Waals surface area (Å²) in [6.07, 6.45) is -3.55. The predicted octanol–water partition coefficient (Wildman–Crippen LogP) is 4.17. The minimum Gasteiger partial charge on any atom is -0.294 e. The molecule has 0 radical (unpaired) electrons. The van der Waals surface area contributed by atoms with Crippen LogP contribution >= 0.6 is 11.3 Å². The van der Waals surface area contributed by atoms with Gasteiger partial charge in [0.25, 0.3) is 0 Å². The molecule has 2 aromatic rings. The topological polar surface area (TPSA) is 30.0 Å². The van der Waals surface area contributed by atoms with Gasteiger partial charge in [-0.3, -0.25) is 4.79 Å². The molecule has 100 valence electrons. The zero-order chi connectivity index (χ0) is 14.2. The third-order valence-corrected chi connectivity index (χ3v) is 3.45. The average molecular weight is 289 g/mol. The first-order chi connectivity index (χ1) is 8.79. The van der Waals surface area contributed by atoms with Crippen molar-refractivity contribution in [1.29, 1.82) is 0 Å². The molecule has 0 N–H and O–H groups in total. The van der Waals surface area contributed by atoms with Gasteiger partial charge in [-0.1, -0.05) is 0 Å². The maximum Gasteiger partial charge on any atom is 0.443 e. The summed E-state index contributed by atoms with van der Waals surface area (Å²) in [5.41, 5.74) is 0.291. The molecule has 0 bridgehead atoms. The summed E-state index contributed by atoms with van der Waals surface area (Å²) >= 11 is 0.378. The molecule has 0 unspecified atom stereocenters. The highest BCUT2D eigenvalue weighted by atomic mass is 32.1. The summed E-state index contributed by atoms with van der Waals surface area (Å²) in [6, 6.07) is 3.37. The molecule has 0 saturated carbocycles. The molecule has 0 amide bonds. The molecule has 2 nitrogen and oxygen atoms in total. The molecule has 1 heterocycles. The number of halogens is 4. The van der Waals surface area contributed by atoms with Gasteiger partial charge in [-0.25, -0.2) is 9.37 Å². The van der Waals surface area contributed by atoms with Crippen molar-refractivity contribution in [3.8, 4) is 10.4 Å². The second kappa shape index (κ2) is 4.73. The number of benzene rings is 1. The molecule has 0 fully saturated rings. The summed E-state index contributed by atoms with van der Waals surface area (Å²) in [7, 11) is 0. The third-order valence-electron chi connectivity index (χ3n) is 2.37. The van der Waals surface area contributed by atoms with Gasteiger partial charge in [0.15, 0.2) is 10.8 Å². The Kier molecular flexibility index (Phi) is 3.40. The standard InChI is InChI=1S/C12H7F4NOS/c1-6(18)8-3-2-7(13)4-9(8)10-5-17-11(19-10)12(14,15)16/h2-5H,1H3. The first-order valence-corrected chi connectivity index (χ1v) is 5.94. The number of Topliss-reactive ketones (excluding diaryl/α,β-unsaturated/α-hetero) is 1. The van der Waals surface area contributed by atoms with Crippen molar-refractivity contribution in [3.05, 3.63) is 40.8 Å². The number of hydrogen-bond donors (Lipinski definition) is 0. The molecule has 0 aliphatic carbocycles. The van der Waals surface area contributed by atoms with Gasteiger partial charge >= 0.3 is 6.18 Å². The minimum atomic E-state index is -4.55. The molecule has 1 aromatic carbocycles. The quantitative estimate of drug-likeness (QED) is 0.613. The minimum absolute atomic E-state index is 0.108. The fourth-order valence-electron chi connectivity index (χ4n) is 1.56. The van der Waals surface area contributed by atoms with Gasteiger partial charge in [0, 0.05) is 17.3 Å². The lowest BCUT2D eigenvalue weighted by Crippen LogP contribution is -2.02. The molecular formula is C12H7F4NOS. The van der Waals surface area contributed by atoms with Crippen molar-refractivity contribution >= 4 is 17.1 Å². The van der Waals surface area contributed by atoms with E-state index in [-0.39, 0.29) is 21.8 Å². The summed E-state index contributed by atoms with van der Waals surface area (Å²) in [6.45, 7) is 1.27. The fourth-order valence-corrected chi connectivity index (χ4v) is 2.37. The smallest absolute Gasteiger partial charge is 0.294 e. The normalized spacial score (nSPS) is 11.6. The first-order valence-electron chi connectivity index (χ1n) is 5.13. The van der Waals surface area contributed by atoms with Crippen LogP contribution in [-0.2, 0) is 6.18 Å². The van der Waals surface area contributed by atoms with Gasteiger partial charge in [0.2, 0.25) is 0 Å². The molecule has 2 rings (SSSR count). The van der Waals surface area contributed by atoms with Crippen LogP contribution in [0.4, 0.5) is 17.6 Å². The van der Waals surface area contributed by atoms with Gasteiger partial charge in [-0.15, -0.1) is 11.3 Å². The van der Waals surface area contributed by atoms with Crippen molar-refractivity contribution < 1.29 is 22.4 Å². The molecule has 0 aliphatic rings. The number of thiazole rings is 1. The maximum absolute atomic E-state index is 13.2. The van der Waals surface area contributed by atoms with Crippen LogP contribution in [0.25, 0.3) is 10.4 Å². The highest BCUT2D eigenvalue weighted by Gasteiger charge is 2.34. The van der Waals surface area contributed by atoms with E-state index >= 15 is 0 Å². The second-order valence-electron chi connectivity index (χ2n) is 3.77. The largest absolute Gasteiger partial charge is 0.443 e. The van der Waals surface area contributed by atoms with Crippen LogP contribution in [0, 0.1) is 5.82 Å². The number of ketones is 1. The Morgan fingerprint density at radius 3 is 2.53 bits per heavy atom. The van der Waals surface area contributed by atoms with Gasteiger partial charge < -0.3 is 0 Å². The fraction of sp³-hybridized carbons (Fsp3) is 0.167. The van der Waals surface area contributed by atoms with Crippen LogP contribution in [0.5, 0.6) is 0 Å². The number of alkyl halides is 3.